The molecule has 0 spiro atoms. The lowest BCUT2D eigenvalue weighted by Gasteiger charge is -2.13. The van der Waals surface area contributed by atoms with Gasteiger partial charge >= 0.3 is 5.97 Å². The summed E-state index contributed by atoms with van der Waals surface area (Å²) in [5, 5.41) is 16.6. The first-order valence-electron chi connectivity index (χ1n) is 2.54. The molecule has 0 aromatic heterocycles. The molecule has 3 nitrogen and oxygen atoms in total. The normalized spacial score (nSPS) is 16.8. The van der Waals surface area contributed by atoms with E-state index in [-0.39, 0.29) is 13.0 Å². The molecule has 0 aromatic carbocycles. The Labute approximate surface area is 58.3 Å². The van der Waals surface area contributed by atoms with Crippen molar-refractivity contribution in [2.75, 3.05) is 6.61 Å². The van der Waals surface area contributed by atoms with Gasteiger partial charge in [-0.1, -0.05) is 0 Å². The third-order valence-corrected chi connectivity index (χ3v) is 1.38. The maximum Gasteiger partial charge on any atom is 0.324 e. The Kier molecular flexibility index (Phi) is 2.94. The largest absolute Gasteiger partial charge is 0.480 e. The van der Waals surface area contributed by atoms with Gasteiger partial charge in [-0.2, -0.15) is 0 Å². The highest BCUT2D eigenvalue weighted by Crippen LogP contribution is 2.17. The van der Waals surface area contributed by atoms with Gasteiger partial charge in [-0.25, -0.2) is 0 Å². The van der Waals surface area contributed by atoms with Gasteiger partial charge in [0.25, 0.3) is 0 Å². The second-order valence-electron chi connectivity index (χ2n) is 1.98. The number of aliphatic hydroxyl groups is 1. The van der Waals surface area contributed by atoms with Crippen molar-refractivity contribution in [3.63, 3.8) is 0 Å². The first-order valence-corrected chi connectivity index (χ1v) is 2.91. The number of carboxylic acid groups (broad SMARTS) is 1. The van der Waals surface area contributed by atoms with E-state index in [2.05, 4.69) is 0 Å². The van der Waals surface area contributed by atoms with Crippen molar-refractivity contribution in [3.8, 4) is 0 Å². The highest BCUT2D eigenvalue weighted by molar-refractivity contribution is 6.33. The van der Waals surface area contributed by atoms with Crippen molar-refractivity contribution < 1.29 is 15.0 Å². The summed E-state index contributed by atoms with van der Waals surface area (Å²) in [7, 11) is 0. The molecule has 4 heteroatoms. The fourth-order valence-electron chi connectivity index (χ4n) is 0.317. The summed E-state index contributed by atoms with van der Waals surface area (Å²) >= 11 is 5.41. The molecule has 9 heavy (non-hydrogen) atoms. The molecule has 1 unspecified atom stereocenters. The van der Waals surface area contributed by atoms with E-state index in [0.29, 0.717) is 0 Å². The van der Waals surface area contributed by atoms with Crippen LogP contribution in [0.5, 0.6) is 0 Å². The van der Waals surface area contributed by atoms with Crippen LogP contribution in [-0.4, -0.2) is 27.7 Å². The molecule has 54 valence electrons. The van der Waals surface area contributed by atoms with E-state index in [1.807, 2.05) is 0 Å². The van der Waals surface area contributed by atoms with Gasteiger partial charge in [0.1, 0.15) is 4.87 Å². The number of aliphatic carboxylic acids is 1. The molecule has 0 aliphatic carbocycles. The van der Waals surface area contributed by atoms with Gasteiger partial charge < -0.3 is 10.2 Å². The molecule has 0 saturated carbocycles. The van der Waals surface area contributed by atoms with Crippen molar-refractivity contribution in [3.05, 3.63) is 0 Å². The summed E-state index contributed by atoms with van der Waals surface area (Å²) in [4.78, 5) is 8.86. The Balaban J connectivity index is 3.85. The van der Waals surface area contributed by atoms with E-state index in [9.17, 15) is 4.79 Å². The van der Waals surface area contributed by atoms with Crippen LogP contribution in [0.15, 0.2) is 0 Å². The first kappa shape index (κ1) is 8.72. The number of aliphatic hydroxyl groups excluding tert-OH is 1. The highest BCUT2D eigenvalue weighted by atomic mass is 35.5. The number of hydrogen-bond donors (Lipinski definition) is 2. The number of carboxylic acids is 1. The fraction of sp³-hybridized carbons (Fsp3) is 0.800. The minimum Gasteiger partial charge on any atom is -0.480 e. The predicted octanol–water partition coefficient (Wildman–Crippen LogP) is 0.451. The smallest absolute Gasteiger partial charge is 0.324 e. The monoisotopic (exact) mass is 152 g/mol. The van der Waals surface area contributed by atoms with Gasteiger partial charge in [0.2, 0.25) is 0 Å². The number of alkyl halides is 1. The van der Waals surface area contributed by atoms with Crippen molar-refractivity contribution in [2.24, 2.45) is 0 Å². The molecule has 1 atom stereocenters. The standard InChI is InChI=1S/C5H9ClO3/c1-5(6,2-3-7)4(8)9/h7H,2-3H2,1H3,(H,8,9). The predicted molar refractivity (Wildman–Crippen MR) is 33.6 cm³/mol. The number of carbonyl (C=O) groups is 1. The second kappa shape index (κ2) is 3.03. The van der Waals surface area contributed by atoms with Crippen LogP contribution in [0.25, 0.3) is 0 Å². The van der Waals surface area contributed by atoms with Crippen molar-refractivity contribution >= 4 is 17.6 Å². The first-order chi connectivity index (χ1) is 4.00. The van der Waals surface area contributed by atoms with Crippen LogP contribution < -0.4 is 0 Å². The second-order valence-corrected chi connectivity index (χ2v) is 2.81. The zero-order chi connectivity index (χ0) is 7.49. The number of rotatable bonds is 3. The molecule has 2 N–H and O–H groups in total. The van der Waals surface area contributed by atoms with E-state index < -0.39 is 10.8 Å². The van der Waals surface area contributed by atoms with Crippen LogP contribution in [0.2, 0.25) is 0 Å². The lowest BCUT2D eigenvalue weighted by molar-refractivity contribution is -0.140. The summed E-state index contributed by atoms with van der Waals surface area (Å²) in [6.45, 7) is 1.15. The van der Waals surface area contributed by atoms with E-state index in [4.69, 9.17) is 21.8 Å². The Morgan fingerprint density at radius 1 is 1.78 bits per heavy atom. The molecule has 0 radical (unpaired) electrons. The van der Waals surface area contributed by atoms with Gasteiger partial charge in [-0.05, 0) is 6.92 Å². The molecule has 0 rings (SSSR count). The van der Waals surface area contributed by atoms with E-state index in [1.54, 1.807) is 0 Å². The molecular weight excluding hydrogens is 144 g/mol. The van der Waals surface area contributed by atoms with Gasteiger partial charge in [0.05, 0.1) is 0 Å². The van der Waals surface area contributed by atoms with Crippen molar-refractivity contribution in [1.29, 1.82) is 0 Å². The molecule has 0 amide bonds. The minimum atomic E-state index is -1.31. The Morgan fingerprint density at radius 3 is 2.33 bits per heavy atom. The van der Waals surface area contributed by atoms with Crippen LogP contribution in [-0.2, 0) is 4.79 Å². The van der Waals surface area contributed by atoms with Crippen molar-refractivity contribution in [2.45, 2.75) is 18.2 Å². The van der Waals surface area contributed by atoms with E-state index >= 15 is 0 Å². The Hall–Kier alpha value is -0.280. The average molecular weight is 153 g/mol. The Morgan fingerprint density at radius 2 is 2.22 bits per heavy atom. The zero-order valence-electron chi connectivity index (χ0n) is 5.09. The van der Waals surface area contributed by atoms with E-state index in [1.165, 1.54) is 6.92 Å². The molecule has 0 heterocycles. The lowest BCUT2D eigenvalue weighted by Crippen LogP contribution is -2.29. The zero-order valence-corrected chi connectivity index (χ0v) is 5.85. The lowest BCUT2D eigenvalue weighted by atomic mass is 10.1. The van der Waals surface area contributed by atoms with Gasteiger partial charge in [0, 0.05) is 13.0 Å². The topological polar surface area (TPSA) is 57.5 Å². The minimum absolute atomic E-state index is 0.0733. The summed E-state index contributed by atoms with van der Waals surface area (Å²) in [6.07, 6.45) is 0.0733. The van der Waals surface area contributed by atoms with Crippen LogP contribution >= 0.6 is 11.6 Å². The molecule has 0 saturated heterocycles. The molecule has 0 aliphatic rings. The maximum atomic E-state index is 10.2. The molecular formula is C5H9ClO3. The summed E-state index contributed by atoms with van der Waals surface area (Å²) in [6, 6.07) is 0. The summed E-state index contributed by atoms with van der Waals surface area (Å²) in [5.41, 5.74) is 0. The van der Waals surface area contributed by atoms with Gasteiger partial charge in [0.15, 0.2) is 0 Å². The quantitative estimate of drug-likeness (QED) is 0.578. The molecule has 0 aromatic rings. The molecule has 0 bridgehead atoms. The van der Waals surface area contributed by atoms with Crippen LogP contribution in [0, 0.1) is 0 Å². The van der Waals surface area contributed by atoms with E-state index in [0.717, 1.165) is 0 Å². The summed E-state index contributed by atoms with van der Waals surface area (Å²) < 4.78 is 0. The van der Waals surface area contributed by atoms with Crippen molar-refractivity contribution in [1.82, 2.24) is 0 Å². The van der Waals surface area contributed by atoms with Crippen LogP contribution in [0.4, 0.5) is 0 Å². The maximum absolute atomic E-state index is 10.2. The van der Waals surface area contributed by atoms with Gasteiger partial charge in [-0.3, -0.25) is 4.79 Å². The number of hydrogen-bond acceptors (Lipinski definition) is 2. The third-order valence-electron chi connectivity index (χ3n) is 1.03. The molecule has 0 fully saturated rings. The fourth-order valence-corrected chi connectivity index (χ4v) is 0.401. The summed E-state index contributed by atoms with van der Waals surface area (Å²) in [5.74, 6) is -1.10. The van der Waals surface area contributed by atoms with Crippen LogP contribution in [0.1, 0.15) is 13.3 Å². The number of halogens is 1. The van der Waals surface area contributed by atoms with Gasteiger partial charge in [-0.15, -0.1) is 11.6 Å². The SMILES string of the molecule is CC(Cl)(CCO)C(=O)O. The Bertz CT molecular complexity index is 111. The third kappa shape index (κ3) is 2.67. The molecule has 0 aliphatic heterocycles. The highest BCUT2D eigenvalue weighted by Gasteiger charge is 2.28. The van der Waals surface area contributed by atoms with Crippen LogP contribution in [0.3, 0.4) is 0 Å². The average Bonchev–Trinajstić information content (AvgIpc) is 1.65.